The van der Waals surface area contributed by atoms with Gasteiger partial charge in [-0.2, -0.15) is 5.26 Å². The molecule has 19 heavy (non-hydrogen) atoms. The highest BCUT2D eigenvalue weighted by Gasteiger charge is 2.11. The van der Waals surface area contributed by atoms with Crippen molar-refractivity contribution in [1.29, 1.82) is 5.26 Å². The second-order valence-electron chi connectivity index (χ2n) is 3.76. The van der Waals surface area contributed by atoms with Crippen LogP contribution in [-0.2, 0) is 0 Å². The topological polar surface area (TPSA) is 105 Å². The predicted molar refractivity (Wildman–Crippen MR) is 67.9 cm³/mol. The van der Waals surface area contributed by atoms with Gasteiger partial charge in [-0.05, 0) is 19.1 Å². The van der Waals surface area contributed by atoms with Crippen LogP contribution in [0.5, 0.6) is 0 Å². The molecule has 0 spiro atoms. The molecule has 1 aromatic carbocycles. The average molecular weight is 255 g/mol. The van der Waals surface area contributed by atoms with Crippen LogP contribution >= 0.6 is 0 Å². The van der Waals surface area contributed by atoms with Gasteiger partial charge in [0.05, 0.1) is 4.92 Å². The number of rotatable bonds is 3. The van der Waals surface area contributed by atoms with Gasteiger partial charge in [0.2, 0.25) is 5.95 Å². The monoisotopic (exact) mass is 255 g/mol. The summed E-state index contributed by atoms with van der Waals surface area (Å²) in [6.07, 6.45) is 1.44. The van der Waals surface area contributed by atoms with Crippen molar-refractivity contribution < 1.29 is 4.92 Å². The Morgan fingerprint density at radius 3 is 2.89 bits per heavy atom. The first-order valence-corrected chi connectivity index (χ1v) is 5.35. The van der Waals surface area contributed by atoms with Crippen LogP contribution in [0.15, 0.2) is 30.5 Å². The Kier molecular flexibility index (Phi) is 3.34. The molecule has 0 fully saturated rings. The SMILES string of the molecule is Cc1ccc(Nc2nccc(C#N)n2)cc1[N+](=O)[O-]. The fourth-order valence-electron chi connectivity index (χ4n) is 1.49. The highest BCUT2D eigenvalue weighted by molar-refractivity contribution is 5.60. The summed E-state index contributed by atoms with van der Waals surface area (Å²) in [6.45, 7) is 1.66. The average Bonchev–Trinajstić information content (AvgIpc) is 2.41. The van der Waals surface area contributed by atoms with Crippen LogP contribution in [0.25, 0.3) is 0 Å². The van der Waals surface area contributed by atoms with Crippen molar-refractivity contribution in [3.8, 4) is 6.07 Å². The van der Waals surface area contributed by atoms with E-state index in [1.54, 1.807) is 19.1 Å². The Morgan fingerprint density at radius 2 is 2.21 bits per heavy atom. The third-order valence-electron chi connectivity index (χ3n) is 2.43. The van der Waals surface area contributed by atoms with E-state index >= 15 is 0 Å². The van der Waals surface area contributed by atoms with Crippen LogP contribution in [-0.4, -0.2) is 14.9 Å². The Hall–Kier alpha value is -3.01. The van der Waals surface area contributed by atoms with Crippen molar-refractivity contribution >= 4 is 17.3 Å². The number of anilines is 2. The maximum atomic E-state index is 10.8. The molecular formula is C12H9N5O2. The first-order chi connectivity index (χ1) is 9.10. The molecule has 0 aliphatic rings. The van der Waals surface area contributed by atoms with Gasteiger partial charge < -0.3 is 5.32 Å². The van der Waals surface area contributed by atoms with Crippen LogP contribution in [0, 0.1) is 28.4 Å². The molecule has 2 aromatic rings. The second kappa shape index (κ2) is 5.10. The van der Waals surface area contributed by atoms with Gasteiger partial charge in [-0.15, -0.1) is 0 Å². The number of hydrogen-bond donors (Lipinski definition) is 1. The van der Waals surface area contributed by atoms with Crippen molar-refractivity contribution in [3.05, 3.63) is 51.8 Å². The Balaban J connectivity index is 2.31. The van der Waals surface area contributed by atoms with Gasteiger partial charge in [0.25, 0.3) is 5.69 Å². The molecular weight excluding hydrogens is 246 g/mol. The molecule has 2 rings (SSSR count). The summed E-state index contributed by atoms with van der Waals surface area (Å²) in [4.78, 5) is 18.2. The number of aryl methyl sites for hydroxylation is 1. The summed E-state index contributed by atoms with van der Waals surface area (Å²) in [5.74, 6) is 0.220. The van der Waals surface area contributed by atoms with Gasteiger partial charge in [0.1, 0.15) is 11.8 Å². The molecule has 0 aliphatic carbocycles. The van der Waals surface area contributed by atoms with E-state index in [2.05, 4.69) is 15.3 Å². The van der Waals surface area contributed by atoms with Gasteiger partial charge >= 0.3 is 0 Å². The van der Waals surface area contributed by atoms with Crippen LogP contribution in [0.3, 0.4) is 0 Å². The van der Waals surface area contributed by atoms with Crippen molar-refractivity contribution in [1.82, 2.24) is 9.97 Å². The summed E-state index contributed by atoms with van der Waals surface area (Å²) in [6, 6.07) is 8.09. The lowest BCUT2D eigenvalue weighted by Crippen LogP contribution is -1.99. The first-order valence-electron chi connectivity index (χ1n) is 5.35. The van der Waals surface area contributed by atoms with Gasteiger partial charge in [0, 0.05) is 23.5 Å². The molecule has 0 radical (unpaired) electrons. The molecule has 0 unspecified atom stereocenters. The number of nitro groups is 1. The van der Waals surface area contributed by atoms with E-state index in [9.17, 15) is 10.1 Å². The number of benzene rings is 1. The predicted octanol–water partition coefficient (Wildman–Crippen LogP) is 2.31. The highest BCUT2D eigenvalue weighted by atomic mass is 16.6. The molecule has 1 N–H and O–H groups in total. The van der Waals surface area contributed by atoms with Crippen LogP contribution < -0.4 is 5.32 Å². The number of nitro benzene ring substituents is 1. The van der Waals surface area contributed by atoms with Gasteiger partial charge in [-0.25, -0.2) is 9.97 Å². The van der Waals surface area contributed by atoms with Crippen molar-refractivity contribution in [2.45, 2.75) is 6.92 Å². The van der Waals surface area contributed by atoms with E-state index < -0.39 is 4.92 Å². The standard InChI is InChI=1S/C12H9N5O2/c1-8-2-3-9(6-11(8)17(18)19)15-12-14-5-4-10(7-13)16-12/h2-6H,1H3,(H,14,15,16). The van der Waals surface area contributed by atoms with E-state index in [0.717, 1.165) is 0 Å². The molecule has 7 nitrogen and oxygen atoms in total. The van der Waals surface area contributed by atoms with E-state index in [1.807, 2.05) is 6.07 Å². The summed E-state index contributed by atoms with van der Waals surface area (Å²) < 4.78 is 0. The Labute approximate surface area is 108 Å². The second-order valence-corrected chi connectivity index (χ2v) is 3.76. The number of aromatic nitrogens is 2. The summed E-state index contributed by atoms with van der Waals surface area (Å²) in [5.41, 5.74) is 1.30. The minimum Gasteiger partial charge on any atom is -0.324 e. The molecule has 0 aliphatic heterocycles. The van der Waals surface area contributed by atoms with Crippen molar-refractivity contribution in [2.75, 3.05) is 5.32 Å². The van der Waals surface area contributed by atoms with Crippen molar-refractivity contribution in [2.24, 2.45) is 0 Å². The fourth-order valence-corrected chi connectivity index (χ4v) is 1.49. The molecule has 0 saturated heterocycles. The van der Waals surface area contributed by atoms with Crippen LogP contribution in [0.2, 0.25) is 0 Å². The fraction of sp³-hybridized carbons (Fsp3) is 0.0833. The molecule has 1 heterocycles. The number of nitriles is 1. The summed E-state index contributed by atoms with van der Waals surface area (Å²) >= 11 is 0. The minimum absolute atomic E-state index is 0.0152. The molecule has 0 atom stereocenters. The van der Waals surface area contributed by atoms with Crippen molar-refractivity contribution in [3.63, 3.8) is 0 Å². The quantitative estimate of drug-likeness (QED) is 0.666. The van der Waals surface area contributed by atoms with E-state index in [1.165, 1.54) is 18.3 Å². The van der Waals surface area contributed by atoms with E-state index in [-0.39, 0.29) is 17.3 Å². The zero-order chi connectivity index (χ0) is 13.8. The summed E-state index contributed by atoms with van der Waals surface area (Å²) in [5, 5.41) is 22.4. The van der Waals surface area contributed by atoms with Crippen LogP contribution in [0.4, 0.5) is 17.3 Å². The van der Waals surface area contributed by atoms with E-state index in [4.69, 9.17) is 5.26 Å². The molecule has 0 amide bonds. The number of nitrogens with one attached hydrogen (secondary N) is 1. The Morgan fingerprint density at radius 1 is 1.42 bits per heavy atom. The summed E-state index contributed by atoms with van der Waals surface area (Å²) in [7, 11) is 0. The molecule has 1 aromatic heterocycles. The molecule has 94 valence electrons. The number of nitrogens with zero attached hydrogens (tertiary/aromatic N) is 4. The lowest BCUT2D eigenvalue weighted by molar-refractivity contribution is -0.385. The zero-order valence-electron chi connectivity index (χ0n) is 9.99. The highest BCUT2D eigenvalue weighted by Crippen LogP contribution is 2.23. The Bertz CT molecular complexity index is 678. The smallest absolute Gasteiger partial charge is 0.274 e. The lowest BCUT2D eigenvalue weighted by Gasteiger charge is -2.05. The van der Waals surface area contributed by atoms with Gasteiger partial charge in [0.15, 0.2) is 0 Å². The third kappa shape index (κ3) is 2.81. The molecule has 7 heteroatoms. The van der Waals surface area contributed by atoms with Gasteiger partial charge in [-0.3, -0.25) is 10.1 Å². The first kappa shape index (κ1) is 12.4. The maximum Gasteiger partial charge on any atom is 0.274 e. The zero-order valence-corrected chi connectivity index (χ0v) is 9.99. The third-order valence-corrected chi connectivity index (χ3v) is 2.43. The van der Waals surface area contributed by atoms with Gasteiger partial charge in [-0.1, -0.05) is 6.07 Å². The minimum atomic E-state index is -0.451. The maximum absolute atomic E-state index is 10.8. The van der Waals surface area contributed by atoms with Crippen LogP contribution in [0.1, 0.15) is 11.3 Å². The molecule has 0 saturated carbocycles. The lowest BCUT2D eigenvalue weighted by atomic mass is 10.2. The number of hydrogen-bond acceptors (Lipinski definition) is 6. The van der Waals surface area contributed by atoms with E-state index in [0.29, 0.717) is 11.3 Å². The largest absolute Gasteiger partial charge is 0.324 e. The normalized spacial score (nSPS) is 9.68. The molecule has 0 bridgehead atoms.